The summed E-state index contributed by atoms with van der Waals surface area (Å²) >= 11 is 1.23. The van der Waals surface area contributed by atoms with Gasteiger partial charge in [-0.1, -0.05) is 0 Å². The van der Waals surface area contributed by atoms with Crippen LogP contribution in [0.3, 0.4) is 0 Å². The summed E-state index contributed by atoms with van der Waals surface area (Å²) in [6.45, 7) is 5.11. The van der Waals surface area contributed by atoms with Gasteiger partial charge in [-0.25, -0.2) is 13.1 Å². The maximum absolute atomic E-state index is 12.3. The summed E-state index contributed by atoms with van der Waals surface area (Å²) in [6, 6.07) is 1.67. The zero-order valence-corrected chi connectivity index (χ0v) is 12.2. The number of ether oxygens (including phenoxy) is 1. The zero-order chi connectivity index (χ0) is 13.4. The van der Waals surface area contributed by atoms with Gasteiger partial charge in [0, 0.05) is 18.0 Å². The second-order valence-electron chi connectivity index (χ2n) is 4.84. The van der Waals surface area contributed by atoms with Crippen molar-refractivity contribution in [1.29, 1.82) is 0 Å². The number of sulfonamides is 1. The number of hydrogen-bond donors (Lipinski definition) is 2. The summed E-state index contributed by atoms with van der Waals surface area (Å²) in [6.07, 6.45) is 0.695. The minimum Gasteiger partial charge on any atom is -0.379 e. The van der Waals surface area contributed by atoms with Crippen molar-refractivity contribution in [3.8, 4) is 0 Å². The first-order valence-corrected chi connectivity index (χ1v) is 8.07. The van der Waals surface area contributed by atoms with Crippen LogP contribution in [0, 0.1) is 6.92 Å². The molecule has 1 unspecified atom stereocenters. The van der Waals surface area contributed by atoms with E-state index in [2.05, 4.69) is 4.72 Å². The molecular formula is C11H18N2O3S2. The highest BCUT2D eigenvalue weighted by Crippen LogP contribution is 2.28. The Labute approximate surface area is 111 Å². The van der Waals surface area contributed by atoms with Crippen LogP contribution in [0.4, 0.5) is 0 Å². The third-order valence-corrected chi connectivity index (χ3v) is 6.42. The molecule has 102 valence electrons. The Balaban J connectivity index is 2.24. The van der Waals surface area contributed by atoms with Crippen LogP contribution in [-0.4, -0.2) is 27.2 Å². The van der Waals surface area contributed by atoms with Gasteiger partial charge >= 0.3 is 0 Å². The number of nitrogens with one attached hydrogen (secondary N) is 1. The van der Waals surface area contributed by atoms with Crippen LogP contribution >= 0.6 is 11.3 Å². The zero-order valence-electron chi connectivity index (χ0n) is 10.5. The minimum absolute atomic E-state index is 0.327. The number of hydrogen-bond acceptors (Lipinski definition) is 5. The highest BCUT2D eigenvalue weighted by Gasteiger charge is 2.35. The van der Waals surface area contributed by atoms with Crippen LogP contribution in [0.15, 0.2) is 10.3 Å². The van der Waals surface area contributed by atoms with E-state index in [0.29, 0.717) is 30.4 Å². The van der Waals surface area contributed by atoms with E-state index in [1.165, 1.54) is 11.3 Å². The Hall–Kier alpha value is -0.470. The second kappa shape index (κ2) is 4.90. The first-order valence-electron chi connectivity index (χ1n) is 5.77. The molecule has 0 aromatic carbocycles. The summed E-state index contributed by atoms with van der Waals surface area (Å²) < 4.78 is 32.9. The van der Waals surface area contributed by atoms with E-state index in [9.17, 15) is 8.42 Å². The molecule has 0 radical (unpaired) electrons. The van der Waals surface area contributed by atoms with Gasteiger partial charge in [0.2, 0.25) is 0 Å². The fraction of sp³-hybridized carbons (Fsp3) is 0.636. The summed E-state index contributed by atoms with van der Waals surface area (Å²) in [4.78, 5) is 0.906. The van der Waals surface area contributed by atoms with Gasteiger partial charge in [0.05, 0.1) is 12.1 Å². The molecule has 0 spiro atoms. The number of aryl methyl sites for hydroxylation is 1. The Morgan fingerprint density at radius 3 is 2.83 bits per heavy atom. The van der Waals surface area contributed by atoms with Crippen LogP contribution in [0.25, 0.3) is 0 Å². The van der Waals surface area contributed by atoms with Gasteiger partial charge in [-0.05, 0) is 31.9 Å². The number of nitrogens with two attached hydrogens (primary N) is 1. The van der Waals surface area contributed by atoms with E-state index in [1.807, 2.05) is 13.8 Å². The Bertz CT molecular complexity index is 530. The van der Waals surface area contributed by atoms with Crippen molar-refractivity contribution < 1.29 is 13.2 Å². The standard InChI is InChI=1S/C11H18N2O3S2/c1-8-5-10(17-9(8)6-12)18(14,15)13-11(2)3-4-16-7-11/h5,13H,3-4,6-7,12H2,1-2H3. The first-order chi connectivity index (χ1) is 8.36. The highest BCUT2D eigenvalue weighted by atomic mass is 32.2. The van der Waals surface area contributed by atoms with Gasteiger partial charge in [0.1, 0.15) is 4.21 Å². The molecule has 3 N–H and O–H groups in total. The molecule has 0 bridgehead atoms. The molecule has 18 heavy (non-hydrogen) atoms. The van der Waals surface area contributed by atoms with E-state index in [-0.39, 0.29) is 0 Å². The lowest BCUT2D eigenvalue weighted by Gasteiger charge is -2.22. The molecule has 1 aromatic heterocycles. The molecule has 5 nitrogen and oxygen atoms in total. The average Bonchev–Trinajstić information content (AvgIpc) is 2.84. The van der Waals surface area contributed by atoms with E-state index < -0.39 is 15.6 Å². The van der Waals surface area contributed by atoms with E-state index in [0.717, 1.165) is 10.4 Å². The SMILES string of the molecule is Cc1cc(S(=O)(=O)NC2(C)CCOC2)sc1CN. The van der Waals surface area contributed by atoms with Crippen LogP contribution < -0.4 is 10.5 Å². The Morgan fingerprint density at radius 1 is 1.61 bits per heavy atom. The van der Waals surface area contributed by atoms with Crippen LogP contribution in [-0.2, 0) is 21.3 Å². The molecule has 1 aromatic rings. The summed E-state index contributed by atoms with van der Waals surface area (Å²) in [7, 11) is -3.48. The third kappa shape index (κ3) is 2.75. The molecule has 0 aliphatic carbocycles. The molecule has 1 aliphatic heterocycles. The quantitative estimate of drug-likeness (QED) is 0.866. The molecular weight excluding hydrogens is 272 g/mol. The normalized spacial score (nSPS) is 24.6. The molecule has 1 aliphatic rings. The first kappa shape index (κ1) is 14.0. The van der Waals surface area contributed by atoms with Crippen LogP contribution in [0.2, 0.25) is 0 Å². The van der Waals surface area contributed by atoms with E-state index >= 15 is 0 Å². The van der Waals surface area contributed by atoms with Crippen molar-refractivity contribution in [3.05, 3.63) is 16.5 Å². The number of rotatable bonds is 4. The molecule has 2 heterocycles. The van der Waals surface area contributed by atoms with Crippen molar-refractivity contribution in [3.63, 3.8) is 0 Å². The maximum Gasteiger partial charge on any atom is 0.250 e. The molecule has 1 atom stereocenters. The predicted octanol–water partition coefficient (Wildman–Crippen LogP) is 0.973. The number of thiophene rings is 1. The summed E-state index contributed by atoms with van der Waals surface area (Å²) in [5.41, 5.74) is 6.00. The topological polar surface area (TPSA) is 81.4 Å². The lowest BCUT2D eigenvalue weighted by atomic mass is 10.0. The fourth-order valence-corrected chi connectivity index (χ4v) is 4.84. The molecule has 7 heteroatoms. The van der Waals surface area contributed by atoms with E-state index in [1.54, 1.807) is 6.07 Å². The minimum atomic E-state index is -3.48. The van der Waals surface area contributed by atoms with Gasteiger partial charge in [0.15, 0.2) is 0 Å². The van der Waals surface area contributed by atoms with Gasteiger partial charge in [-0.2, -0.15) is 0 Å². The summed E-state index contributed by atoms with van der Waals surface area (Å²) in [5.74, 6) is 0. The average molecular weight is 290 g/mol. The van der Waals surface area contributed by atoms with Crippen molar-refractivity contribution in [2.45, 2.75) is 36.6 Å². The highest BCUT2D eigenvalue weighted by molar-refractivity contribution is 7.91. The van der Waals surface area contributed by atoms with Crippen molar-refractivity contribution in [2.24, 2.45) is 5.73 Å². The lowest BCUT2D eigenvalue weighted by Crippen LogP contribution is -2.46. The van der Waals surface area contributed by atoms with Crippen molar-refractivity contribution in [1.82, 2.24) is 4.72 Å². The molecule has 0 amide bonds. The Kier molecular flexibility index (Phi) is 3.80. The van der Waals surface area contributed by atoms with Gasteiger partial charge in [-0.15, -0.1) is 11.3 Å². The molecule has 1 saturated heterocycles. The third-order valence-electron chi connectivity index (χ3n) is 3.05. The monoisotopic (exact) mass is 290 g/mol. The molecule has 0 saturated carbocycles. The van der Waals surface area contributed by atoms with Crippen molar-refractivity contribution in [2.75, 3.05) is 13.2 Å². The maximum atomic E-state index is 12.3. The predicted molar refractivity (Wildman–Crippen MR) is 71.1 cm³/mol. The van der Waals surface area contributed by atoms with Crippen LogP contribution in [0.5, 0.6) is 0 Å². The fourth-order valence-electron chi connectivity index (χ4n) is 1.95. The smallest absolute Gasteiger partial charge is 0.250 e. The largest absolute Gasteiger partial charge is 0.379 e. The van der Waals surface area contributed by atoms with Gasteiger partial charge < -0.3 is 10.5 Å². The van der Waals surface area contributed by atoms with Crippen molar-refractivity contribution >= 4 is 21.4 Å². The Morgan fingerprint density at radius 2 is 2.33 bits per heavy atom. The molecule has 1 fully saturated rings. The second-order valence-corrected chi connectivity index (χ2v) is 7.89. The van der Waals surface area contributed by atoms with Crippen LogP contribution in [0.1, 0.15) is 23.8 Å². The summed E-state index contributed by atoms with van der Waals surface area (Å²) in [5, 5.41) is 0. The van der Waals surface area contributed by atoms with Gasteiger partial charge in [0.25, 0.3) is 10.0 Å². The van der Waals surface area contributed by atoms with Gasteiger partial charge in [-0.3, -0.25) is 0 Å². The van der Waals surface area contributed by atoms with E-state index in [4.69, 9.17) is 10.5 Å². The molecule has 2 rings (SSSR count). The lowest BCUT2D eigenvalue weighted by molar-refractivity contribution is 0.178.